The predicted molar refractivity (Wildman–Crippen MR) is 61.0 cm³/mol. The zero-order valence-corrected chi connectivity index (χ0v) is 10.1. The van der Waals surface area contributed by atoms with Crippen LogP contribution in [-0.4, -0.2) is 26.5 Å². The van der Waals surface area contributed by atoms with Crippen molar-refractivity contribution >= 4 is 17.4 Å². The van der Waals surface area contributed by atoms with Crippen molar-refractivity contribution in [3.8, 4) is 5.75 Å². The number of aryl methyl sites for hydroxylation is 1. The first kappa shape index (κ1) is 12.9. The molecule has 88 valence electrons. The number of carbonyl (C=O) groups excluding carboxylic acids is 1. The molecular weight excluding hydrogens is 233 g/mol. The SMILES string of the molecule is CNCC(=O)c1cc(C)c(Cl)c(OC)c1F. The second-order valence-electron chi connectivity index (χ2n) is 3.36. The molecule has 0 amide bonds. The summed E-state index contributed by atoms with van der Waals surface area (Å²) in [4.78, 5) is 11.6. The van der Waals surface area contributed by atoms with E-state index in [2.05, 4.69) is 5.32 Å². The molecule has 0 radical (unpaired) electrons. The van der Waals surface area contributed by atoms with E-state index in [4.69, 9.17) is 16.3 Å². The first-order valence-corrected chi connectivity index (χ1v) is 5.11. The molecule has 0 saturated carbocycles. The molecule has 0 aliphatic carbocycles. The third kappa shape index (κ3) is 2.33. The summed E-state index contributed by atoms with van der Waals surface area (Å²) < 4.78 is 18.7. The topological polar surface area (TPSA) is 38.3 Å². The number of nitrogens with one attached hydrogen (secondary N) is 1. The maximum atomic E-state index is 13.8. The van der Waals surface area contributed by atoms with Crippen LogP contribution in [0.4, 0.5) is 4.39 Å². The van der Waals surface area contributed by atoms with Gasteiger partial charge in [0, 0.05) is 0 Å². The van der Waals surface area contributed by atoms with Gasteiger partial charge in [-0.3, -0.25) is 4.79 Å². The molecule has 0 aromatic heterocycles. The van der Waals surface area contributed by atoms with Gasteiger partial charge in [0.15, 0.2) is 17.3 Å². The first-order chi connectivity index (χ1) is 7.52. The van der Waals surface area contributed by atoms with Crippen LogP contribution in [0.5, 0.6) is 5.75 Å². The van der Waals surface area contributed by atoms with Crippen LogP contribution >= 0.6 is 11.6 Å². The minimum Gasteiger partial charge on any atom is -0.492 e. The van der Waals surface area contributed by atoms with Gasteiger partial charge in [0.2, 0.25) is 0 Å². The Morgan fingerprint density at radius 3 is 2.75 bits per heavy atom. The van der Waals surface area contributed by atoms with Gasteiger partial charge in [-0.15, -0.1) is 0 Å². The van der Waals surface area contributed by atoms with E-state index in [9.17, 15) is 9.18 Å². The van der Waals surface area contributed by atoms with E-state index in [0.717, 1.165) is 0 Å². The normalized spacial score (nSPS) is 10.3. The molecule has 1 N–H and O–H groups in total. The van der Waals surface area contributed by atoms with Gasteiger partial charge in [-0.25, -0.2) is 4.39 Å². The minimum atomic E-state index is -0.710. The fourth-order valence-corrected chi connectivity index (χ4v) is 1.59. The van der Waals surface area contributed by atoms with E-state index in [1.165, 1.54) is 13.2 Å². The van der Waals surface area contributed by atoms with Gasteiger partial charge in [-0.1, -0.05) is 11.6 Å². The summed E-state index contributed by atoms with van der Waals surface area (Å²) in [5.41, 5.74) is 0.604. The molecule has 0 spiro atoms. The first-order valence-electron chi connectivity index (χ1n) is 4.73. The highest BCUT2D eigenvalue weighted by molar-refractivity contribution is 6.33. The molecule has 16 heavy (non-hydrogen) atoms. The number of hydrogen-bond donors (Lipinski definition) is 1. The Morgan fingerprint density at radius 2 is 2.25 bits per heavy atom. The quantitative estimate of drug-likeness (QED) is 0.827. The van der Waals surface area contributed by atoms with Crippen molar-refractivity contribution in [2.75, 3.05) is 20.7 Å². The highest BCUT2D eigenvalue weighted by atomic mass is 35.5. The van der Waals surface area contributed by atoms with Gasteiger partial charge in [0.25, 0.3) is 0 Å². The molecule has 5 heteroatoms. The third-order valence-corrected chi connectivity index (χ3v) is 2.65. The highest BCUT2D eigenvalue weighted by Gasteiger charge is 2.19. The number of carbonyl (C=O) groups is 1. The summed E-state index contributed by atoms with van der Waals surface area (Å²) in [6.45, 7) is 1.77. The third-order valence-electron chi connectivity index (χ3n) is 2.18. The molecule has 0 aliphatic heterocycles. The average molecular weight is 246 g/mol. The molecule has 0 unspecified atom stereocenters. The Bertz CT molecular complexity index is 421. The molecule has 0 fully saturated rings. The molecule has 0 aliphatic rings. The van der Waals surface area contributed by atoms with Crippen LogP contribution in [-0.2, 0) is 0 Å². The zero-order valence-electron chi connectivity index (χ0n) is 9.36. The Labute approximate surface area is 98.5 Å². The fraction of sp³-hybridized carbons (Fsp3) is 0.364. The second kappa shape index (κ2) is 5.27. The van der Waals surface area contributed by atoms with Crippen molar-refractivity contribution in [2.24, 2.45) is 0 Å². The summed E-state index contributed by atoms with van der Waals surface area (Å²) >= 11 is 5.86. The van der Waals surface area contributed by atoms with Gasteiger partial charge in [-0.05, 0) is 25.6 Å². The summed E-state index contributed by atoms with van der Waals surface area (Å²) in [5.74, 6) is -1.13. The van der Waals surface area contributed by atoms with E-state index >= 15 is 0 Å². The Kier molecular flexibility index (Phi) is 4.26. The van der Waals surface area contributed by atoms with E-state index < -0.39 is 5.82 Å². The number of halogens is 2. The van der Waals surface area contributed by atoms with Gasteiger partial charge in [-0.2, -0.15) is 0 Å². The summed E-state index contributed by atoms with van der Waals surface area (Å²) in [6, 6.07) is 1.43. The molecule has 1 aromatic rings. The molecule has 0 heterocycles. The summed E-state index contributed by atoms with van der Waals surface area (Å²) in [5, 5.41) is 2.87. The Hall–Kier alpha value is -1.13. The van der Waals surface area contributed by atoms with Crippen LogP contribution in [0.15, 0.2) is 6.07 Å². The lowest BCUT2D eigenvalue weighted by atomic mass is 10.1. The smallest absolute Gasteiger partial charge is 0.179 e. The number of benzene rings is 1. The summed E-state index contributed by atoms with van der Waals surface area (Å²) in [6.07, 6.45) is 0. The van der Waals surface area contributed by atoms with Crippen LogP contribution in [0.2, 0.25) is 5.02 Å². The molecule has 1 aromatic carbocycles. The Balaban J connectivity index is 3.31. The second-order valence-corrected chi connectivity index (χ2v) is 3.73. The van der Waals surface area contributed by atoms with Crippen LogP contribution in [0, 0.1) is 12.7 Å². The van der Waals surface area contributed by atoms with Crippen LogP contribution in [0.25, 0.3) is 0 Å². The lowest BCUT2D eigenvalue weighted by molar-refractivity contribution is 0.0989. The predicted octanol–water partition coefficient (Wildman–Crippen LogP) is 2.20. The maximum absolute atomic E-state index is 13.8. The monoisotopic (exact) mass is 245 g/mol. The van der Waals surface area contributed by atoms with Crippen molar-refractivity contribution < 1.29 is 13.9 Å². The average Bonchev–Trinajstić information content (AvgIpc) is 2.24. The number of methoxy groups -OCH3 is 1. The van der Waals surface area contributed by atoms with Gasteiger partial charge in [0.1, 0.15) is 0 Å². The van der Waals surface area contributed by atoms with Crippen molar-refractivity contribution in [1.29, 1.82) is 0 Å². The lowest BCUT2D eigenvalue weighted by Gasteiger charge is -2.11. The van der Waals surface area contributed by atoms with E-state index in [1.807, 2.05) is 0 Å². The molecular formula is C11H13ClFNO2. The zero-order chi connectivity index (χ0) is 12.3. The summed E-state index contributed by atoms with van der Waals surface area (Å²) in [7, 11) is 2.94. The van der Waals surface area contributed by atoms with Crippen LogP contribution in [0.3, 0.4) is 0 Å². The lowest BCUT2D eigenvalue weighted by Crippen LogP contribution is -2.20. The number of likely N-dealkylation sites (N-methyl/N-ethyl adjacent to an activating group) is 1. The van der Waals surface area contributed by atoms with Crippen molar-refractivity contribution in [1.82, 2.24) is 5.32 Å². The van der Waals surface area contributed by atoms with Gasteiger partial charge in [0.05, 0.1) is 24.2 Å². The van der Waals surface area contributed by atoms with Crippen molar-refractivity contribution in [3.63, 3.8) is 0 Å². The van der Waals surface area contributed by atoms with E-state index in [-0.39, 0.29) is 28.7 Å². The Morgan fingerprint density at radius 1 is 1.62 bits per heavy atom. The van der Waals surface area contributed by atoms with Gasteiger partial charge < -0.3 is 10.1 Å². The number of rotatable bonds is 4. The largest absolute Gasteiger partial charge is 0.492 e. The number of hydrogen-bond acceptors (Lipinski definition) is 3. The molecule has 0 bridgehead atoms. The molecule has 1 rings (SSSR count). The fourth-order valence-electron chi connectivity index (χ4n) is 1.38. The number of Topliss-reactive ketones (excluding diaryl/α,β-unsaturated/α-hetero) is 1. The van der Waals surface area contributed by atoms with Crippen molar-refractivity contribution in [3.05, 3.63) is 28.0 Å². The highest BCUT2D eigenvalue weighted by Crippen LogP contribution is 2.33. The van der Waals surface area contributed by atoms with Crippen molar-refractivity contribution in [2.45, 2.75) is 6.92 Å². The minimum absolute atomic E-state index is 0.00639. The molecule has 0 saturated heterocycles. The number of ketones is 1. The number of ether oxygens (including phenoxy) is 1. The van der Waals surface area contributed by atoms with E-state index in [1.54, 1.807) is 14.0 Å². The van der Waals surface area contributed by atoms with Gasteiger partial charge >= 0.3 is 0 Å². The maximum Gasteiger partial charge on any atom is 0.179 e. The van der Waals surface area contributed by atoms with E-state index in [0.29, 0.717) is 5.56 Å². The molecule has 3 nitrogen and oxygen atoms in total. The molecule has 0 atom stereocenters. The van der Waals surface area contributed by atoms with Crippen LogP contribution < -0.4 is 10.1 Å². The van der Waals surface area contributed by atoms with Crippen LogP contribution in [0.1, 0.15) is 15.9 Å². The standard InChI is InChI=1S/C11H13ClFNO2/c1-6-4-7(8(15)5-14-2)10(13)11(16-3)9(6)12/h4,14H,5H2,1-3H3.